The fourth-order valence-corrected chi connectivity index (χ4v) is 1.72. The molecule has 21 heavy (non-hydrogen) atoms. The van der Waals surface area contributed by atoms with Crippen LogP contribution in [0.15, 0.2) is 48.5 Å². The highest BCUT2D eigenvalue weighted by Crippen LogP contribution is 2.19. The first-order valence-corrected chi connectivity index (χ1v) is 6.06. The number of non-ortho nitro benzene ring substituents is 1. The molecule has 2 aromatic carbocycles. The van der Waals surface area contributed by atoms with Gasteiger partial charge in [0.2, 0.25) is 0 Å². The predicted octanol–water partition coefficient (Wildman–Crippen LogP) is 3.81. The number of hydrogen-bond donors (Lipinski definition) is 1. The van der Waals surface area contributed by atoms with E-state index in [1.165, 1.54) is 24.3 Å². The Kier molecular flexibility index (Phi) is 4.65. The first-order chi connectivity index (χ1) is 10.0. The van der Waals surface area contributed by atoms with Gasteiger partial charge in [-0.3, -0.25) is 10.1 Å². The van der Waals surface area contributed by atoms with Gasteiger partial charge in [-0.2, -0.15) is 8.78 Å². The second kappa shape index (κ2) is 6.65. The summed E-state index contributed by atoms with van der Waals surface area (Å²) >= 11 is 0. The Labute approximate surface area is 119 Å². The van der Waals surface area contributed by atoms with Crippen molar-refractivity contribution in [2.24, 2.45) is 0 Å². The van der Waals surface area contributed by atoms with E-state index in [9.17, 15) is 18.9 Å². The van der Waals surface area contributed by atoms with Crippen LogP contribution in [0.4, 0.5) is 20.2 Å². The topological polar surface area (TPSA) is 64.4 Å². The van der Waals surface area contributed by atoms with Gasteiger partial charge >= 0.3 is 6.61 Å². The highest BCUT2D eigenvalue weighted by atomic mass is 19.3. The number of nitrogens with one attached hydrogen (secondary N) is 1. The van der Waals surface area contributed by atoms with Crippen molar-refractivity contribution in [2.45, 2.75) is 13.2 Å². The van der Waals surface area contributed by atoms with Gasteiger partial charge in [0, 0.05) is 24.4 Å². The van der Waals surface area contributed by atoms with E-state index in [0.717, 1.165) is 5.56 Å². The van der Waals surface area contributed by atoms with Crippen LogP contribution in [0.1, 0.15) is 5.56 Å². The molecule has 0 bridgehead atoms. The number of nitrogens with zero attached hydrogens (tertiary/aromatic N) is 1. The Morgan fingerprint density at radius 3 is 2.52 bits per heavy atom. The first kappa shape index (κ1) is 14.7. The maximum Gasteiger partial charge on any atom is 0.387 e. The van der Waals surface area contributed by atoms with Crippen molar-refractivity contribution < 1.29 is 18.4 Å². The van der Waals surface area contributed by atoms with Crippen molar-refractivity contribution in [3.8, 4) is 5.75 Å². The van der Waals surface area contributed by atoms with E-state index < -0.39 is 11.5 Å². The van der Waals surface area contributed by atoms with Gasteiger partial charge < -0.3 is 10.1 Å². The Bertz CT molecular complexity index is 618. The van der Waals surface area contributed by atoms with Gasteiger partial charge in [-0.15, -0.1) is 0 Å². The molecular weight excluding hydrogens is 282 g/mol. The van der Waals surface area contributed by atoms with Crippen LogP contribution >= 0.6 is 0 Å². The average molecular weight is 294 g/mol. The lowest BCUT2D eigenvalue weighted by molar-refractivity contribution is -0.384. The molecule has 1 N–H and O–H groups in total. The third-order valence-electron chi connectivity index (χ3n) is 2.70. The van der Waals surface area contributed by atoms with Crippen LogP contribution in [0.3, 0.4) is 0 Å². The molecule has 0 saturated carbocycles. The number of benzene rings is 2. The van der Waals surface area contributed by atoms with E-state index in [-0.39, 0.29) is 11.4 Å². The number of ether oxygens (including phenoxy) is 1. The molecule has 0 aliphatic carbocycles. The van der Waals surface area contributed by atoms with Crippen LogP contribution in [0.2, 0.25) is 0 Å². The summed E-state index contributed by atoms with van der Waals surface area (Å²) in [6.45, 7) is -2.44. The number of anilines is 1. The summed E-state index contributed by atoms with van der Waals surface area (Å²) in [5, 5.41) is 13.7. The Morgan fingerprint density at radius 1 is 1.19 bits per heavy atom. The number of rotatable bonds is 6. The van der Waals surface area contributed by atoms with Crippen LogP contribution in [0.25, 0.3) is 0 Å². The normalized spacial score (nSPS) is 10.4. The van der Waals surface area contributed by atoms with Gasteiger partial charge in [-0.25, -0.2) is 0 Å². The van der Waals surface area contributed by atoms with E-state index in [1.54, 1.807) is 24.3 Å². The second-order valence-electron chi connectivity index (χ2n) is 4.18. The van der Waals surface area contributed by atoms with E-state index in [0.29, 0.717) is 12.2 Å². The maximum atomic E-state index is 12.0. The van der Waals surface area contributed by atoms with E-state index in [4.69, 9.17) is 0 Å². The minimum Gasteiger partial charge on any atom is -0.435 e. The summed E-state index contributed by atoms with van der Waals surface area (Å²) in [6, 6.07) is 12.3. The van der Waals surface area contributed by atoms with Gasteiger partial charge in [-0.05, 0) is 23.8 Å². The fourth-order valence-electron chi connectivity index (χ4n) is 1.72. The Balaban J connectivity index is 1.96. The van der Waals surface area contributed by atoms with Crippen molar-refractivity contribution in [3.05, 3.63) is 64.2 Å². The van der Waals surface area contributed by atoms with Gasteiger partial charge in [0.05, 0.1) is 4.92 Å². The number of hydrogen-bond acceptors (Lipinski definition) is 4. The van der Waals surface area contributed by atoms with Gasteiger partial charge in [-0.1, -0.05) is 18.2 Å². The van der Waals surface area contributed by atoms with Gasteiger partial charge in [0.15, 0.2) is 0 Å². The molecule has 0 saturated heterocycles. The van der Waals surface area contributed by atoms with E-state index in [2.05, 4.69) is 10.1 Å². The molecule has 0 aliphatic rings. The second-order valence-corrected chi connectivity index (χ2v) is 4.18. The zero-order valence-corrected chi connectivity index (χ0v) is 10.8. The van der Waals surface area contributed by atoms with Gasteiger partial charge in [0.25, 0.3) is 5.69 Å². The molecule has 0 aromatic heterocycles. The minimum absolute atomic E-state index is 0.000631. The molecule has 0 spiro atoms. The smallest absolute Gasteiger partial charge is 0.387 e. The van der Waals surface area contributed by atoms with Crippen LogP contribution in [0, 0.1) is 10.1 Å². The van der Waals surface area contributed by atoms with Crippen LogP contribution < -0.4 is 10.1 Å². The molecule has 0 amide bonds. The number of halogens is 2. The molecule has 2 rings (SSSR count). The summed E-state index contributed by atoms with van der Waals surface area (Å²) in [7, 11) is 0. The predicted molar refractivity (Wildman–Crippen MR) is 73.5 cm³/mol. The number of alkyl halides is 2. The van der Waals surface area contributed by atoms with E-state index in [1.807, 2.05) is 0 Å². The lowest BCUT2D eigenvalue weighted by Gasteiger charge is -2.08. The first-order valence-electron chi connectivity index (χ1n) is 6.06. The van der Waals surface area contributed by atoms with Crippen molar-refractivity contribution in [3.63, 3.8) is 0 Å². The molecule has 5 nitrogen and oxygen atoms in total. The lowest BCUT2D eigenvalue weighted by Crippen LogP contribution is -2.03. The van der Waals surface area contributed by atoms with Crippen LogP contribution in [0.5, 0.6) is 5.75 Å². The maximum absolute atomic E-state index is 12.0. The monoisotopic (exact) mass is 294 g/mol. The molecule has 110 valence electrons. The fraction of sp³-hybridized carbons (Fsp3) is 0.143. The standard InChI is InChI=1S/C14H12F2N2O3/c15-14(16)21-13-6-4-10(5-7-13)9-17-11-2-1-3-12(8-11)18(19)20/h1-8,14,17H,9H2. The summed E-state index contributed by atoms with van der Waals surface area (Å²) < 4.78 is 28.3. The number of nitro benzene ring substituents is 1. The van der Waals surface area contributed by atoms with Crippen LogP contribution in [-0.4, -0.2) is 11.5 Å². The largest absolute Gasteiger partial charge is 0.435 e. The minimum atomic E-state index is -2.85. The molecule has 0 fully saturated rings. The summed E-state index contributed by atoms with van der Waals surface area (Å²) in [6.07, 6.45) is 0. The lowest BCUT2D eigenvalue weighted by atomic mass is 10.2. The Hall–Kier alpha value is -2.70. The quantitative estimate of drug-likeness (QED) is 0.650. The van der Waals surface area contributed by atoms with Crippen LogP contribution in [-0.2, 0) is 6.54 Å². The molecular formula is C14H12F2N2O3. The molecule has 0 radical (unpaired) electrons. The summed E-state index contributed by atoms with van der Waals surface area (Å²) in [5.41, 5.74) is 1.45. The van der Waals surface area contributed by atoms with E-state index >= 15 is 0 Å². The van der Waals surface area contributed by atoms with Crippen molar-refractivity contribution in [2.75, 3.05) is 5.32 Å². The molecule has 0 aliphatic heterocycles. The van der Waals surface area contributed by atoms with Crippen molar-refractivity contribution in [1.29, 1.82) is 0 Å². The Morgan fingerprint density at radius 2 is 1.90 bits per heavy atom. The molecule has 0 unspecified atom stereocenters. The highest BCUT2D eigenvalue weighted by molar-refractivity contribution is 5.51. The zero-order chi connectivity index (χ0) is 15.2. The number of nitro groups is 1. The summed E-state index contributed by atoms with van der Waals surface area (Å²) in [5.74, 6) is 0.0871. The average Bonchev–Trinajstić information content (AvgIpc) is 2.46. The molecule has 2 aromatic rings. The highest BCUT2D eigenvalue weighted by Gasteiger charge is 2.06. The third-order valence-corrected chi connectivity index (χ3v) is 2.70. The van der Waals surface area contributed by atoms with Crippen molar-refractivity contribution in [1.82, 2.24) is 0 Å². The molecule has 0 heterocycles. The van der Waals surface area contributed by atoms with Crippen molar-refractivity contribution >= 4 is 11.4 Å². The zero-order valence-electron chi connectivity index (χ0n) is 10.8. The molecule has 7 heteroatoms. The van der Waals surface area contributed by atoms with Gasteiger partial charge in [0.1, 0.15) is 5.75 Å². The SMILES string of the molecule is O=[N+]([O-])c1cccc(NCc2ccc(OC(F)F)cc2)c1. The summed E-state index contributed by atoms with van der Waals surface area (Å²) in [4.78, 5) is 10.2. The third kappa shape index (κ3) is 4.41. The molecule has 0 atom stereocenters.